The summed E-state index contributed by atoms with van der Waals surface area (Å²) in [6, 6.07) is 6.52. The standard InChI is InChI=1S/C15H23ClN4O2S/c16-12-5-4-8-14(11-12)23(21,22)19-10-9-18-15(17)20-13-6-2-1-3-7-13/h4-5,8,11,13,19H,1-3,6-7,9-10H2,(H3,17,18,20). The molecule has 0 radical (unpaired) electrons. The lowest BCUT2D eigenvalue weighted by Gasteiger charge is -2.23. The number of hydrogen-bond acceptors (Lipinski definition) is 3. The zero-order chi connectivity index (χ0) is 16.7. The van der Waals surface area contributed by atoms with Gasteiger partial charge in [-0.05, 0) is 31.0 Å². The van der Waals surface area contributed by atoms with Gasteiger partial charge in [-0.25, -0.2) is 13.1 Å². The van der Waals surface area contributed by atoms with Crippen molar-refractivity contribution in [3.63, 3.8) is 0 Å². The van der Waals surface area contributed by atoms with Crippen LogP contribution in [0.3, 0.4) is 0 Å². The van der Waals surface area contributed by atoms with E-state index in [4.69, 9.17) is 17.3 Å². The summed E-state index contributed by atoms with van der Waals surface area (Å²) < 4.78 is 26.6. The number of guanidine groups is 1. The Kier molecular flexibility index (Phi) is 6.68. The molecule has 23 heavy (non-hydrogen) atoms. The van der Waals surface area contributed by atoms with Crippen LogP contribution in [-0.2, 0) is 10.0 Å². The Morgan fingerprint density at radius 2 is 2.04 bits per heavy atom. The zero-order valence-corrected chi connectivity index (χ0v) is 14.5. The van der Waals surface area contributed by atoms with Gasteiger partial charge in [-0.3, -0.25) is 4.99 Å². The van der Waals surface area contributed by atoms with E-state index < -0.39 is 10.0 Å². The van der Waals surface area contributed by atoms with Gasteiger partial charge in [0.15, 0.2) is 5.96 Å². The molecule has 0 amide bonds. The normalized spacial score (nSPS) is 17.2. The molecule has 1 saturated carbocycles. The van der Waals surface area contributed by atoms with Crippen molar-refractivity contribution in [3.8, 4) is 0 Å². The van der Waals surface area contributed by atoms with Crippen LogP contribution in [0.25, 0.3) is 0 Å². The molecule has 1 aromatic rings. The van der Waals surface area contributed by atoms with Crippen LogP contribution >= 0.6 is 11.6 Å². The summed E-state index contributed by atoms with van der Waals surface area (Å²) in [5.41, 5.74) is 5.83. The van der Waals surface area contributed by atoms with Crippen LogP contribution in [0.5, 0.6) is 0 Å². The number of sulfonamides is 1. The Labute approximate surface area is 142 Å². The van der Waals surface area contributed by atoms with E-state index in [9.17, 15) is 8.42 Å². The van der Waals surface area contributed by atoms with Crippen molar-refractivity contribution in [2.45, 2.75) is 43.0 Å². The van der Waals surface area contributed by atoms with Gasteiger partial charge < -0.3 is 11.1 Å². The van der Waals surface area contributed by atoms with Crippen molar-refractivity contribution in [2.24, 2.45) is 10.7 Å². The molecule has 4 N–H and O–H groups in total. The maximum atomic E-state index is 12.1. The van der Waals surface area contributed by atoms with E-state index in [1.165, 1.54) is 31.4 Å². The first kappa shape index (κ1) is 18.0. The third-order valence-electron chi connectivity index (χ3n) is 3.75. The van der Waals surface area contributed by atoms with E-state index in [-0.39, 0.29) is 18.0 Å². The number of halogens is 1. The molecule has 0 atom stereocenters. The highest BCUT2D eigenvalue weighted by Gasteiger charge is 2.14. The lowest BCUT2D eigenvalue weighted by molar-refractivity contribution is 0.412. The maximum absolute atomic E-state index is 12.1. The first-order chi connectivity index (χ1) is 11.0. The first-order valence-corrected chi connectivity index (χ1v) is 9.65. The number of benzene rings is 1. The molecule has 0 aliphatic heterocycles. The Balaban J connectivity index is 1.78. The third-order valence-corrected chi connectivity index (χ3v) is 5.44. The molecule has 2 rings (SSSR count). The minimum absolute atomic E-state index is 0.141. The minimum atomic E-state index is -3.57. The van der Waals surface area contributed by atoms with Crippen LogP contribution in [0.15, 0.2) is 34.2 Å². The Hall–Kier alpha value is -1.31. The molecule has 1 aromatic carbocycles. The van der Waals surface area contributed by atoms with Gasteiger partial charge >= 0.3 is 0 Å². The number of rotatable bonds is 6. The van der Waals surface area contributed by atoms with E-state index in [0.717, 1.165) is 12.8 Å². The van der Waals surface area contributed by atoms with Gasteiger partial charge in [0.05, 0.1) is 11.4 Å². The summed E-state index contributed by atoms with van der Waals surface area (Å²) in [5, 5.41) is 3.57. The van der Waals surface area contributed by atoms with E-state index in [0.29, 0.717) is 17.0 Å². The van der Waals surface area contributed by atoms with Crippen molar-refractivity contribution >= 4 is 27.6 Å². The fourth-order valence-corrected chi connectivity index (χ4v) is 3.90. The molecule has 0 saturated heterocycles. The molecule has 6 nitrogen and oxygen atoms in total. The van der Waals surface area contributed by atoms with Gasteiger partial charge in [-0.2, -0.15) is 0 Å². The SMILES string of the molecule is NC(=NCCNS(=O)(=O)c1cccc(Cl)c1)NC1CCCCC1. The quantitative estimate of drug-likeness (QED) is 0.411. The fourth-order valence-electron chi connectivity index (χ4n) is 2.58. The Morgan fingerprint density at radius 1 is 1.30 bits per heavy atom. The fraction of sp³-hybridized carbons (Fsp3) is 0.533. The van der Waals surface area contributed by atoms with Crippen LogP contribution in [0.4, 0.5) is 0 Å². The molecule has 0 bridgehead atoms. The molecule has 0 aromatic heterocycles. The monoisotopic (exact) mass is 358 g/mol. The summed E-state index contributed by atoms with van der Waals surface area (Å²) in [6.07, 6.45) is 5.92. The summed E-state index contributed by atoms with van der Waals surface area (Å²) in [7, 11) is -3.57. The van der Waals surface area contributed by atoms with Crippen LogP contribution < -0.4 is 15.8 Å². The highest BCUT2D eigenvalue weighted by atomic mass is 35.5. The summed E-state index contributed by atoms with van der Waals surface area (Å²) in [6.45, 7) is 0.466. The van der Waals surface area contributed by atoms with Crippen molar-refractivity contribution in [3.05, 3.63) is 29.3 Å². The van der Waals surface area contributed by atoms with Crippen molar-refractivity contribution in [1.29, 1.82) is 0 Å². The Morgan fingerprint density at radius 3 is 2.74 bits per heavy atom. The topological polar surface area (TPSA) is 96.6 Å². The second kappa shape index (κ2) is 8.52. The summed E-state index contributed by atoms with van der Waals surface area (Å²) in [5.74, 6) is 0.374. The second-order valence-corrected chi connectivity index (χ2v) is 7.80. The number of nitrogens with two attached hydrogens (primary N) is 1. The number of hydrogen-bond donors (Lipinski definition) is 3. The zero-order valence-electron chi connectivity index (χ0n) is 13.0. The van der Waals surface area contributed by atoms with E-state index in [1.807, 2.05) is 0 Å². The molecule has 128 valence electrons. The lowest BCUT2D eigenvalue weighted by Crippen LogP contribution is -2.41. The van der Waals surface area contributed by atoms with E-state index in [2.05, 4.69) is 15.0 Å². The van der Waals surface area contributed by atoms with Gasteiger partial charge in [0.25, 0.3) is 0 Å². The molecular formula is C15H23ClN4O2S. The molecule has 8 heteroatoms. The molecule has 1 aliphatic rings. The average Bonchev–Trinajstić information content (AvgIpc) is 2.53. The van der Waals surface area contributed by atoms with Gasteiger partial charge in [0.1, 0.15) is 0 Å². The smallest absolute Gasteiger partial charge is 0.240 e. The molecule has 1 aliphatic carbocycles. The minimum Gasteiger partial charge on any atom is -0.370 e. The highest BCUT2D eigenvalue weighted by molar-refractivity contribution is 7.89. The van der Waals surface area contributed by atoms with Crippen molar-refractivity contribution in [1.82, 2.24) is 10.0 Å². The average molecular weight is 359 g/mol. The lowest BCUT2D eigenvalue weighted by atomic mass is 9.96. The van der Waals surface area contributed by atoms with Crippen LogP contribution in [0.1, 0.15) is 32.1 Å². The molecule has 0 spiro atoms. The van der Waals surface area contributed by atoms with Gasteiger partial charge in [-0.15, -0.1) is 0 Å². The van der Waals surface area contributed by atoms with E-state index in [1.54, 1.807) is 12.1 Å². The van der Waals surface area contributed by atoms with Crippen LogP contribution in [0, 0.1) is 0 Å². The predicted octanol–water partition coefficient (Wildman–Crippen LogP) is 1.86. The number of aliphatic imine (C=N–C) groups is 1. The molecule has 1 fully saturated rings. The maximum Gasteiger partial charge on any atom is 0.240 e. The largest absolute Gasteiger partial charge is 0.370 e. The number of nitrogens with one attached hydrogen (secondary N) is 2. The van der Waals surface area contributed by atoms with Crippen molar-refractivity contribution in [2.75, 3.05) is 13.1 Å². The van der Waals surface area contributed by atoms with Crippen molar-refractivity contribution < 1.29 is 8.42 Å². The van der Waals surface area contributed by atoms with Gasteiger partial charge in [0.2, 0.25) is 10.0 Å². The first-order valence-electron chi connectivity index (χ1n) is 7.79. The van der Waals surface area contributed by atoms with Crippen LogP contribution in [-0.4, -0.2) is 33.5 Å². The van der Waals surface area contributed by atoms with E-state index >= 15 is 0 Å². The highest BCUT2D eigenvalue weighted by Crippen LogP contribution is 2.17. The summed E-state index contributed by atoms with van der Waals surface area (Å²) >= 11 is 5.81. The Bertz CT molecular complexity index is 643. The van der Waals surface area contributed by atoms with Crippen LogP contribution in [0.2, 0.25) is 5.02 Å². The van der Waals surface area contributed by atoms with Gasteiger partial charge in [-0.1, -0.05) is 36.9 Å². The predicted molar refractivity (Wildman–Crippen MR) is 93.1 cm³/mol. The second-order valence-electron chi connectivity index (χ2n) is 5.60. The molecule has 0 heterocycles. The summed E-state index contributed by atoms with van der Waals surface area (Å²) in [4.78, 5) is 4.30. The third kappa shape index (κ3) is 6.01. The molecular weight excluding hydrogens is 336 g/mol. The number of nitrogens with zero attached hydrogens (tertiary/aromatic N) is 1. The molecule has 0 unspecified atom stereocenters. The van der Waals surface area contributed by atoms with Gasteiger partial charge in [0, 0.05) is 17.6 Å².